The lowest BCUT2D eigenvalue weighted by Crippen LogP contribution is -2.53. The number of hydrogen-bond donors (Lipinski definition) is 3. The Hall–Kier alpha value is -1.30. The number of ether oxygens (including phenoxy) is 1. The Morgan fingerprint density at radius 2 is 1.74 bits per heavy atom. The van der Waals surface area contributed by atoms with E-state index in [0.717, 1.165) is 0 Å². The smallest absolute Gasteiger partial charge is 0.408 e. The minimum absolute atomic E-state index is 0.292. The van der Waals surface area contributed by atoms with E-state index in [-0.39, 0.29) is 0 Å². The lowest BCUT2D eigenvalue weighted by Gasteiger charge is -2.24. The zero-order valence-electron chi connectivity index (χ0n) is 12.6. The molecule has 2 atom stereocenters. The van der Waals surface area contributed by atoms with Gasteiger partial charge in [-0.15, -0.1) is 0 Å². The van der Waals surface area contributed by atoms with Gasteiger partial charge >= 0.3 is 6.09 Å². The van der Waals surface area contributed by atoms with E-state index >= 15 is 0 Å². The van der Waals surface area contributed by atoms with E-state index in [1.165, 1.54) is 6.92 Å². The van der Waals surface area contributed by atoms with Crippen LogP contribution in [-0.4, -0.2) is 41.4 Å². The summed E-state index contributed by atoms with van der Waals surface area (Å²) in [5.41, 5.74) is -0.651. The van der Waals surface area contributed by atoms with Crippen molar-refractivity contribution in [3.63, 3.8) is 0 Å². The molecule has 0 aromatic carbocycles. The Morgan fingerprint density at radius 3 is 2.11 bits per heavy atom. The Bertz CT molecular complexity index is 308. The highest BCUT2D eigenvalue weighted by molar-refractivity contribution is 5.86. The van der Waals surface area contributed by atoms with E-state index in [1.54, 1.807) is 20.8 Å². The molecule has 3 N–H and O–H groups in total. The van der Waals surface area contributed by atoms with Crippen LogP contribution in [0.3, 0.4) is 0 Å². The van der Waals surface area contributed by atoms with E-state index < -0.39 is 29.7 Å². The van der Waals surface area contributed by atoms with Crippen LogP contribution in [0.25, 0.3) is 0 Å². The summed E-state index contributed by atoms with van der Waals surface area (Å²) in [7, 11) is 0. The molecule has 112 valence electrons. The largest absolute Gasteiger partial charge is 0.444 e. The number of amides is 2. The lowest BCUT2D eigenvalue weighted by atomic mass is 10.1. The third-order valence-electron chi connectivity index (χ3n) is 2.12. The summed E-state index contributed by atoms with van der Waals surface area (Å²) >= 11 is 0. The summed E-state index contributed by atoms with van der Waals surface area (Å²) in [6.07, 6.45) is -1.72. The number of rotatable bonds is 5. The van der Waals surface area contributed by atoms with Crippen LogP contribution in [0.2, 0.25) is 0 Å². The third-order valence-corrected chi connectivity index (χ3v) is 2.12. The Morgan fingerprint density at radius 1 is 1.21 bits per heavy atom. The number of carbonyl (C=O) groups excluding carboxylic acids is 2. The predicted octanol–water partition coefficient (Wildman–Crippen LogP) is 1.03. The molecule has 0 saturated carbocycles. The van der Waals surface area contributed by atoms with Crippen LogP contribution < -0.4 is 10.6 Å². The van der Waals surface area contributed by atoms with Crippen molar-refractivity contribution >= 4 is 12.0 Å². The van der Waals surface area contributed by atoms with Gasteiger partial charge in [0.2, 0.25) is 5.91 Å². The maximum atomic E-state index is 11.8. The summed E-state index contributed by atoms with van der Waals surface area (Å²) in [6.45, 7) is 11.0. The van der Waals surface area contributed by atoms with Crippen molar-refractivity contribution in [2.75, 3.05) is 6.54 Å². The Balaban J connectivity index is 4.49. The van der Waals surface area contributed by atoms with Crippen LogP contribution in [-0.2, 0) is 9.53 Å². The molecule has 0 radical (unpaired) electrons. The zero-order valence-corrected chi connectivity index (χ0v) is 12.6. The lowest BCUT2D eigenvalue weighted by molar-refractivity contribution is -0.125. The molecule has 0 aliphatic carbocycles. The zero-order chi connectivity index (χ0) is 15.2. The quantitative estimate of drug-likeness (QED) is 0.699. The van der Waals surface area contributed by atoms with Crippen molar-refractivity contribution in [1.29, 1.82) is 0 Å². The second-order valence-corrected chi connectivity index (χ2v) is 6.00. The highest BCUT2D eigenvalue weighted by Crippen LogP contribution is 2.07. The fraction of sp³-hybridized carbons (Fsp3) is 0.846. The van der Waals surface area contributed by atoms with Gasteiger partial charge in [-0.2, -0.15) is 0 Å². The fourth-order valence-corrected chi connectivity index (χ4v) is 1.25. The van der Waals surface area contributed by atoms with Gasteiger partial charge < -0.3 is 20.5 Å². The van der Waals surface area contributed by atoms with E-state index in [9.17, 15) is 14.7 Å². The van der Waals surface area contributed by atoms with E-state index in [0.29, 0.717) is 12.5 Å². The molecule has 2 amide bonds. The van der Waals surface area contributed by atoms with Gasteiger partial charge in [-0.1, -0.05) is 13.8 Å². The number of nitrogens with one attached hydrogen (secondary N) is 2. The van der Waals surface area contributed by atoms with Crippen LogP contribution in [0.4, 0.5) is 4.79 Å². The van der Waals surface area contributed by atoms with Crippen LogP contribution >= 0.6 is 0 Å². The monoisotopic (exact) mass is 274 g/mol. The van der Waals surface area contributed by atoms with Crippen LogP contribution in [0.1, 0.15) is 41.5 Å². The van der Waals surface area contributed by atoms with Crippen LogP contribution in [0, 0.1) is 5.92 Å². The van der Waals surface area contributed by atoms with Crippen molar-refractivity contribution in [2.24, 2.45) is 5.92 Å². The first-order chi connectivity index (χ1) is 8.53. The Kier molecular flexibility index (Phi) is 6.83. The molecule has 0 unspecified atom stereocenters. The van der Waals surface area contributed by atoms with Gasteiger partial charge in [-0.05, 0) is 33.6 Å². The molecule has 6 nitrogen and oxygen atoms in total. The van der Waals surface area contributed by atoms with Gasteiger partial charge in [0.05, 0.1) is 6.10 Å². The third kappa shape index (κ3) is 8.42. The minimum atomic E-state index is -1.02. The van der Waals surface area contributed by atoms with Crippen LogP contribution in [0.5, 0.6) is 0 Å². The molecule has 0 fully saturated rings. The average Bonchev–Trinajstić information content (AvgIpc) is 2.19. The molecule has 0 spiro atoms. The molecule has 0 aliphatic rings. The summed E-state index contributed by atoms with van der Waals surface area (Å²) in [5, 5.41) is 14.6. The Labute approximate surface area is 114 Å². The fourth-order valence-electron chi connectivity index (χ4n) is 1.25. The number of aliphatic hydroxyl groups excluding tert-OH is 1. The SMILES string of the molecule is CC(C)CNC(=O)[C@@H](NC(=O)OC(C)(C)C)[C@H](C)O. The van der Waals surface area contributed by atoms with E-state index in [4.69, 9.17) is 4.74 Å². The van der Waals surface area contributed by atoms with Crippen LogP contribution in [0.15, 0.2) is 0 Å². The molecule has 0 bridgehead atoms. The summed E-state index contributed by atoms with van der Waals surface area (Å²) in [5.74, 6) is -0.130. The standard InChI is InChI=1S/C13H26N2O4/c1-8(2)7-14-11(17)10(9(3)16)15-12(18)19-13(4,5)6/h8-10,16H,7H2,1-6H3,(H,14,17)(H,15,18)/t9-,10-/m0/s1. The number of hydrogen-bond acceptors (Lipinski definition) is 4. The normalized spacial score (nSPS) is 14.7. The topological polar surface area (TPSA) is 87.7 Å². The number of alkyl carbamates (subject to hydrolysis) is 1. The highest BCUT2D eigenvalue weighted by atomic mass is 16.6. The summed E-state index contributed by atoms with van der Waals surface area (Å²) in [4.78, 5) is 23.4. The highest BCUT2D eigenvalue weighted by Gasteiger charge is 2.27. The first-order valence-corrected chi connectivity index (χ1v) is 6.48. The summed E-state index contributed by atoms with van der Waals surface area (Å²) in [6, 6.07) is -1.02. The maximum absolute atomic E-state index is 11.8. The van der Waals surface area contributed by atoms with E-state index in [1.807, 2.05) is 13.8 Å². The van der Waals surface area contributed by atoms with Crippen molar-refractivity contribution in [3.8, 4) is 0 Å². The second kappa shape index (κ2) is 7.33. The molecule has 0 heterocycles. The van der Waals surface area contributed by atoms with Crippen molar-refractivity contribution < 1.29 is 19.4 Å². The van der Waals surface area contributed by atoms with Gasteiger partial charge in [-0.3, -0.25) is 4.79 Å². The molecular weight excluding hydrogens is 248 g/mol. The minimum Gasteiger partial charge on any atom is -0.444 e. The molecule has 0 aliphatic heterocycles. The molecule has 19 heavy (non-hydrogen) atoms. The number of aliphatic hydroxyl groups is 1. The van der Waals surface area contributed by atoms with Crippen molar-refractivity contribution in [3.05, 3.63) is 0 Å². The predicted molar refractivity (Wildman–Crippen MR) is 72.7 cm³/mol. The van der Waals surface area contributed by atoms with Gasteiger partial charge in [0.15, 0.2) is 0 Å². The molecule has 0 rings (SSSR count). The summed E-state index contributed by atoms with van der Waals surface area (Å²) < 4.78 is 5.05. The average molecular weight is 274 g/mol. The van der Waals surface area contributed by atoms with Crippen molar-refractivity contribution in [1.82, 2.24) is 10.6 Å². The van der Waals surface area contributed by atoms with Gasteiger partial charge in [0.1, 0.15) is 11.6 Å². The number of carbonyl (C=O) groups is 2. The first kappa shape index (κ1) is 17.7. The molecule has 0 saturated heterocycles. The molecule has 0 aromatic rings. The maximum Gasteiger partial charge on any atom is 0.408 e. The van der Waals surface area contributed by atoms with Gasteiger partial charge in [0.25, 0.3) is 0 Å². The molecule has 6 heteroatoms. The van der Waals surface area contributed by atoms with Crippen molar-refractivity contribution in [2.45, 2.75) is 59.3 Å². The van der Waals surface area contributed by atoms with Gasteiger partial charge in [-0.25, -0.2) is 4.79 Å². The van der Waals surface area contributed by atoms with Gasteiger partial charge in [0, 0.05) is 6.54 Å². The first-order valence-electron chi connectivity index (χ1n) is 6.48. The van der Waals surface area contributed by atoms with E-state index in [2.05, 4.69) is 10.6 Å². The molecular formula is C13H26N2O4. The molecule has 0 aromatic heterocycles. The second-order valence-electron chi connectivity index (χ2n) is 6.00.